The number of hydrogen-bond donors (Lipinski definition) is 1. The summed E-state index contributed by atoms with van der Waals surface area (Å²) in [5.41, 5.74) is 1.30. The van der Waals surface area contributed by atoms with E-state index in [1.807, 2.05) is 19.9 Å². The van der Waals surface area contributed by atoms with E-state index in [4.69, 9.17) is 4.74 Å². The first kappa shape index (κ1) is 15.3. The standard InChI is InChI=1S/C15H21N3O3/c1-4-16-14(19)13-7-11(5-6-17-13)18-8-10(2)12(9-18)15(20)21-3/h5-7,10,12H,4,8-9H2,1-3H3,(H,16,19). The van der Waals surface area contributed by atoms with Gasteiger partial charge in [0.2, 0.25) is 0 Å². The number of anilines is 1. The van der Waals surface area contributed by atoms with E-state index in [-0.39, 0.29) is 23.7 Å². The van der Waals surface area contributed by atoms with Crippen LogP contribution in [-0.2, 0) is 9.53 Å². The van der Waals surface area contributed by atoms with E-state index in [1.165, 1.54) is 7.11 Å². The second-order valence-electron chi connectivity index (χ2n) is 5.27. The highest BCUT2D eigenvalue weighted by atomic mass is 16.5. The molecular weight excluding hydrogens is 270 g/mol. The van der Waals surface area contributed by atoms with Crippen molar-refractivity contribution in [3.05, 3.63) is 24.0 Å². The molecule has 0 radical (unpaired) electrons. The third-order valence-electron chi connectivity index (χ3n) is 3.79. The number of rotatable bonds is 4. The summed E-state index contributed by atoms with van der Waals surface area (Å²) in [7, 11) is 1.41. The highest BCUT2D eigenvalue weighted by Crippen LogP contribution is 2.28. The van der Waals surface area contributed by atoms with Gasteiger partial charge >= 0.3 is 5.97 Å². The number of hydrogen-bond acceptors (Lipinski definition) is 5. The number of nitrogens with zero attached hydrogens (tertiary/aromatic N) is 2. The number of carbonyl (C=O) groups is 2. The van der Waals surface area contributed by atoms with Gasteiger partial charge in [0.05, 0.1) is 13.0 Å². The van der Waals surface area contributed by atoms with Gasteiger partial charge in [-0.15, -0.1) is 0 Å². The summed E-state index contributed by atoms with van der Waals surface area (Å²) in [6, 6.07) is 3.62. The van der Waals surface area contributed by atoms with E-state index in [9.17, 15) is 9.59 Å². The van der Waals surface area contributed by atoms with Crippen LogP contribution < -0.4 is 10.2 Å². The first-order chi connectivity index (χ1) is 10.1. The number of amides is 1. The molecule has 2 unspecified atom stereocenters. The minimum absolute atomic E-state index is 0.129. The van der Waals surface area contributed by atoms with Crippen molar-refractivity contribution in [1.29, 1.82) is 0 Å². The van der Waals surface area contributed by atoms with Crippen LogP contribution in [0.1, 0.15) is 24.3 Å². The van der Waals surface area contributed by atoms with Gasteiger partial charge in [0.25, 0.3) is 5.91 Å². The predicted octanol–water partition coefficient (Wildman–Crippen LogP) is 1.08. The lowest BCUT2D eigenvalue weighted by Gasteiger charge is -2.18. The monoisotopic (exact) mass is 291 g/mol. The SMILES string of the molecule is CCNC(=O)c1cc(N2CC(C)C(C(=O)OC)C2)ccn1. The van der Waals surface area contributed by atoms with Crippen LogP contribution in [0.3, 0.4) is 0 Å². The molecule has 1 amide bonds. The maximum absolute atomic E-state index is 11.8. The molecule has 2 heterocycles. The average Bonchev–Trinajstić information content (AvgIpc) is 2.89. The van der Waals surface area contributed by atoms with Crippen molar-refractivity contribution in [2.45, 2.75) is 13.8 Å². The van der Waals surface area contributed by atoms with Crippen molar-refractivity contribution in [2.24, 2.45) is 11.8 Å². The lowest BCUT2D eigenvalue weighted by atomic mass is 9.99. The Labute approximate surface area is 124 Å². The number of pyridine rings is 1. The van der Waals surface area contributed by atoms with Crippen LogP contribution in [0.25, 0.3) is 0 Å². The Morgan fingerprint density at radius 1 is 1.48 bits per heavy atom. The number of nitrogens with one attached hydrogen (secondary N) is 1. The van der Waals surface area contributed by atoms with E-state index in [1.54, 1.807) is 12.3 Å². The van der Waals surface area contributed by atoms with E-state index in [2.05, 4.69) is 15.2 Å². The molecule has 1 aliphatic rings. The van der Waals surface area contributed by atoms with Gasteiger partial charge in [-0.1, -0.05) is 6.92 Å². The summed E-state index contributed by atoms with van der Waals surface area (Å²) in [5, 5.41) is 2.73. The van der Waals surface area contributed by atoms with Gasteiger partial charge < -0.3 is 15.0 Å². The fraction of sp³-hybridized carbons (Fsp3) is 0.533. The second-order valence-corrected chi connectivity index (χ2v) is 5.27. The molecule has 1 fully saturated rings. The number of methoxy groups -OCH3 is 1. The van der Waals surface area contributed by atoms with Crippen molar-refractivity contribution in [1.82, 2.24) is 10.3 Å². The van der Waals surface area contributed by atoms with Crippen molar-refractivity contribution in [3.8, 4) is 0 Å². The molecule has 0 spiro atoms. The van der Waals surface area contributed by atoms with Gasteiger partial charge in [-0.05, 0) is 25.0 Å². The highest BCUT2D eigenvalue weighted by molar-refractivity contribution is 5.93. The zero-order chi connectivity index (χ0) is 15.4. The third-order valence-corrected chi connectivity index (χ3v) is 3.79. The summed E-state index contributed by atoms with van der Waals surface area (Å²) in [5.74, 6) is -0.270. The summed E-state index contributed by atoms with van der Waals surface area (Å²) >= 11 is 0. The average molecular weight is 291 g/mol. The maximum Gasteiger partial charge on any atom is 0.310 e. The zero-order valence-corrected chi connectivity index (χ0v) is 12.6. The van der Waals surface area contributed by atoms with Gasteiger partial charge in [-0.25, -0.2) is 0 Å². The third kappa shape index (κ3) is 3.32. The fourth-order valence-corrected chi connectivity index (χ4v) is 2.63. The lowest BCUT2D eigenvalue weighted by Crippen LogP contribution is -2.26. The van der Waals surface area contributed by atoms with Crippen LogP contribution in [0.5, 0.6) is 0 Å². The van der Waals surface area contributed by atoms with Crippen LogP contribution >= 0.6 is 0 Å². The van der Waals surface area contributed by atoms with Crippen LogP contribution in [0.15, 0.2) is 18.3 Å². The Morgan fingerprint density at radius 2 is 2.24 bits per heavy atom. The number of carbonyl (C=O) groups excluding carboxylic acids is 2. The Bertz CT molecular complexity index is 533. The first-order valence-corrected chi connectivity index (χ1v) is 7.13. The summed E-state index contributed by atoms with van der Waals surface area (Å²) in [4.78, 5) is 29.7. The maximum atomic E-state index is 11.8. The molecule has 2 rings (SSSR count). The molecule has 1 N–H and O–H groups in total. The Morgan fingerprint density at radius 3 is 2.90 bits per heavy atom. The largest absolute Gasteiger partial charge is 0.469 e. The van der Waals surface area contributed by atoms with Crippen molar-refractivity contribution >= 4 is 17.6 Å². The first-order valence-electron chi connectivity index (χ1n) is 7.13. The normalized spacial score (nSPS) is 21.2. The van der Waals surface area contributed by atoms with E-state index < -0.39 is 0 Å². The molecule has 0 aromatic carbocycles. The topological polar surface area (TPSA) is 71.5 Å². The molecular formula is C15H21N3O3. The Balaban J connectivity index is 2.14. The molecule has 1 aromatic rings. The molecule has 6 heteroatoms. The van der Waals surface area contributed by atoms with E-state index >= 15 is 0 Å². The number of esters is 1. The van der Waals surface area contributed by atoms with Gasteiger partial charge in [0.1, 0.15) is 5.69 Å². The Hall–Kier alpha value is -2.11. The second kappa shape index (κ2) is 6.56. The Kier molecular flexibility index (Phi) is 4.77. The van der Waals surface area contributed by atoms with E-state index in [0.29, 0.717) is 18.8 Å². The zero-order valence-electron chi connectivity index (χ0n) is 12.6. The smallest absolute Gasteiger partial charge is 0.310 e. The molecule has 0 bridgehead atoms. The van der Waals surface area contributed by atoms with Crippen LogP contribution in [0, 0.1) is 11.8 Å². The number of ether oxygens (including phenoxy) is 1. The molecule has 1 saturated heterocycles. The molecule has 0 saturated carbocycles. The molecule has 1 aromatic heterocycles. The van der Waals surface area contributed by atoms with E-state index in [0.717, 1.165) is 12.2 Å². The summed E-state index contributed by atoms with van der Waals surface area (Å²) in [6.07, 6.45) is 1.62. The van der Waals surface area contributed by atoms with Crippen molar-refractivity contribution < 1.29 is 14.3 Å². The van der Waals surface area contributed by atoms with Crippen LogP contribution in [0.4, 0.5) is 5.69 Å². The van der Waals surface area contributed by atoms with Crippen molar-refractivity contribution in [3.63, 3.8) is 0 Å². The molecule has 6 nitrogen and oxygen atoms in total. The van der Waals surface area contributed by atoms with Crippen LogP contribution in [-0.4, -0.2) is 43.6 Å². The highest BCUT2D eigenvalue weighted by Gasteiger charge is 2.35. The molecule has 21 heavy (non-hydrogen) atoms. The minimum atomic E-state index is -0.184. The summed E-state index contributed by atoms with van der Waals surface area (Å²) in [6.45, 7) is 5.83. The quantitative estimate of drug-likeness (QED) is 0.840. The lowest BCUT2D eigenvalue weighted by molar-refractivity contribution is -0.145. The molecule has 114 valence electrons. The molecule has 1 aliphatic heterocycles. The molecule has 0 aliphatic carbocycles. The van der Waals surface area contributed by atoms with Gasteiger partial charge in [0, 0.05) is 31.5 Å². The van der Waals surface area contributed by atoms with Gasteiger partial charge in [0.15, 0.2) is 0 Å². The van der Waals surface area contributed by atoms with Crippen molar-refractivity contribution in [2.75, 3.05) is 31.6 Å². The van der Waals surface area contributed by atoms with Gasteiger partial charge in [-0.3, -0.25) is 14.6 Å². The summed E-state index contributed by atoms with van der Waals surface area (Å²) < 4.78 is 4.84. The predicted molar refractivity (Wildman–Crippen MR) is 79.1 cm³/mol. The minimum Gasteiger partial charge on any atom is -0.469 e. The fourth-order valence-electron chi connectivity index (χ4n) is 2.63. The van der Waals surface area contributed by atoms with Crippen LogP contribution in [0.2, 0.25) is 0 Å². The number of aromatic nitrogens is 1. The van der Waals surface area contributed by atoms with Gasteiger partial charge in [-0.2, -0.15) is 0 Å². The molecule has 2 atom stereocenters.